The van der Waals surface area contributed by atoms with Crippen LogP contribution in [0.3, 0.4) is 0 Å². The van der Waals surface area contributed by atoms with Crippen molar-refractivity contribution in [3.05, 3.63) is 52.2 Å². The first-order valence-corrected chi connectivity index (χ1v) is 5.96. The molecule has 0 aliphatic heterocycles. The number of aryl methyl sites for hydroxylation is 2. The van der Waals surface area contributed by atoms with Crippen molar-refractivity contribution in [2.75, 3.05) is 0 Å². The maximum atomic E-state index is 11.4. The normalized spacial score (nSPS) is 10.8. The van der Waals surface area contributed by atoms with E-state index >= 15 is 0 Å². The van der Waals surface area contributed by atoms with Crippen molar-refractivity contribution < 1.29 is 0 Å². The molecule has 0 aliphatic rings. The van der Waals surface area contributed by atoms with E-state index in [4.69, 9.17) is 0 Å². The van der Waals surface area contributed by atoms with Crippen molar-refractivity contribution in [2.45, 2.75) is 13.8 Å². The summed E-state index contributed by atoms with van der Waals surface area (Å²) in [6.07, 6.45) is 0. The van der Waals surface area contributed by atoms with Crippen molar-refractivity contribution in [3.8, 4) is 11.4 Å². The first-order valence-electron chi connectivity index (χ1n) is 5.96. The quantitative estimate of drug-likeness (QED) is 0.719. The minimum absolute atomic E-state index is 0.387. The second-order valence-corrected chi connectivity index (χ2v) is 4.36. The molecule has 5 heteroatoms. The summed E-state index contributed by atoms with van der Waals surface area (Å²) in [5.41, 5.74) is 2.51. The lowest BCUT2D eigenvalue weighted by Crippen LogP contribution is -2.13. The summed E-state index contributed by atoms with van der Waals surface area (Å²) in [6, 6.07) is 9.65. The van der Waals surface area contributed by atoms with Crippen LogP contribution in [0.5, 0.6) is 0 Å². The molecule has 1 N–H and O–H groups in total. The molecular weight excluding hydrogens is 240 g/mol. The summed E-state index contributed by atoms with van der Waals surface area (Å²) in [7, 11) is 0. The molecular formula is C14H12N4O. The lowest BCUT2D eigenvalue weighted by atomic mass is 10.2. The number of nitrogens with one attached hydrogen (secondary N) is 1. The van der Waals surface area contributed by atoms with E-state index in [1.165, 1.54) is 0 Å². The number of rotatable bonds is 1. The van der Waals surface area contributed by atoms with Crippen molar-refractivity contribution >= 4 is 11.0 Å². The Kier molecular flexibility index (Phi) is 2.59. The fourth-order valence-electron chi connectivity index (χ4n) is 2.14. The van der Waals surface area contributed by atoms with E-state index in [0.29, 0.717) is 11.5 Å². The van der Waals surface area contributed by atoms with Gasteiger partial charge in [-0.3, -0.25) is 0 Å². The van der Waals surface area contributed by atoms with Gasteiger partial charge in [0.15, 0.2) is 11.5 Å². The molecule has 2 aromatic heterocycles. The Morgan fingerprint density at radius 1 is 1.00 bits per heavy atom. The Morgan fingerprint density at radius 3 is 2.47 bits per heavy atom. The fourth-order valence-corrected chi connectivity index (χ4v) is 2.14. The molecule has 0 saturated carbocycles. The minimum atomic E-state index is -0.387. The van der Waals surface area contributed by atoms with Gasteiger partial charge in [0.05, 0.1) is 11.1 Å². The number of aromatic amines is 1. The highest BCUT2D eigenvalue weighted by Crippen LogP contribution is 2.20. The second-order valence-electron chi connectivity index (χ2n) is 4.36. The van der Waals surface area contributed by atoms with Gasteiger partial charge in [0.25, 0.3) is 0 Å². The molecule has 94 valence electrons. The summed E-state index contributed by atoms with van der Waals surface area (Å²) in [5, 5.41) is 0.805. The van der Waals surface area contributed by atoms with Gasteiger partial charge in [0, 0.05) is 11.3 Å². The Hall–Kier alpha value is -2.56. The maximum Gasteiger partial charge on any atom is 0.347 e. The summed E-state index contributed by atoms with van der Waals surface area (Å²) >= 11 is 0. The highest BCUT2D eigenvalue weighted by atomic mass is 16.1. The molecule has 0 atom stereocenters. The summed E-state index contributed by atoms with van der Waals surface area (Å²) < 4.78 is 0. The smallest absolute Gasteiger partial charge is 0.309 e. The average Bonchev–Trinajstić information content (AvgIpc) is 2.38. The molecule has 0 unspecified atom stereocenters. The number of hydrogen-bond donors (Lipinski definition) is 1. The van der Waals surface area contributed by atoms with E-state index in [9.17, 15) is 4.79 Å². The summed E-state index contributed by atoms with van der Waals surface area (Å²) in [6.45, 7) is 3.72. The van der Waals surface area contributed by atoms with E-state index in [0.717, 1.165) is 22.3 Å². The first-order chi connectivity index (χ1) is 9.15. The monoisotopic (exact) mass is 252 g/mol. The van der Waals surface area contributed by atoms with Crippen molar-refractivity contribution in [1.29, 1.82) is 0 Å². The lowest BCUT2D eigenvalue weighted by Gasteiger charge is -2.06. The maximum absolute atomic E-state index is 11.4. The Labute approximate surface area is 109 Å². The van der Waals surface area contributed by atoms with E-state index < -0.39 is 0 Å². The molecule has 0 saturated heterocycles. The third kappa shape index (κ3) is 1.99. The highest BCUT2D eigenvalue weighted by Gasteiger charge is 2.10. The Balaban J connectivity index is 2.34. The van der Waals surface area contributed by atoms with Crippen LogP contribution in [0.2, 0.25) is 0 Å². The van der Waals surface area contributed by atoms with Gasteiger partial charge in [0.2, 0.25) is 0 Å². The average molecular weight is 252 g/mol. The molecule has 0 aliphatic carbocycles. The van der Waals surface area contributed by atoms with E-state index in [1.807, 2.05) is 44.2 Å². The predicted molar refractivity (Wildman–Crippen MR) is 72.9 cm³/mol. The van der Waals surface area contributed by atoms with Crippen LogP contribution in [-0.2, 0) is 0 Å². The largest absolute Gasteiger partial charge is 0.347 e. The van der Waals surface area contributed by atoms with Crippen LogP contribution in [0.4, 0.5) is 0 Å². The number of hydrogen-bond acceptors (Lipinski definition) is 4. The van der Waals surface area contributed by atoms with Gasteiger partial charge in [-0.05, 0) is 13.8 Å². The molecule has 3 rings (SSSR count). The van der Waals surface area contributed by atoms with Crippen LogP contribution in [-0.4, -0.2) is 19.9 Å². The molecule has 1 aromatic carbocycles. The second kappa shape index (κ2) is 4.28. The van der Waals surface area contributed by atoms with Crippen molar-refractivity contribution in [2.24, 2.45) is 0 Å². The molecule has 0 spiro atoms. The zero-order valence-corrected chi connectivity index (χ0v) is 10.6. The fraction of sp³-hybridized carbons (Fsp3) is 0.143. The number of benzene rings is 1. The third-order valence-electron chi connectivity index (χ3n) is 2.98. The van der Waals surface area contributed by atoms with Crippen LogP contribution >= 0.6 is 0 Å². The zero-order valence-electron chi connectivity index (χ0n) is 10.6. The van der Waals surface area contributed by atoms with Gasteiger partial charge < -0.3 is 4.98 Å². The molecule has 2 heterocycles. The van der Waals surface area contributed by atoms with Crippen LogP contribution in [0.1, 0.15) is 11.4 Å². The van der Waals surface area contributed by atoms with Gasteiger partial charge in [-0.25, -0.2) is 14.8 Å². The topological polar surface area (TPSA) is 71.5 Å². The van der Waals surface area contributed by atoms with Gasteiger partial charge in [0.1, 0.15) is 0 Å². The Bertz CT molecular complexity index is 809. The number of nitrogens with zero attached hydrogens (tertiary/aromatic N) is 3. The number of H-pyrrole nitrogens is 1. The number of aromatic nitrogens is 4. The molecule has 0 bridgehead atoms. The first kappa shape index (κ1) is 11.5. The minimum Gasteiger partial charge on any atom is -0.309 e. The van der Waals surface area contributed by atoms with Crippen LogP contribution in [0.15, 0.2) is 35.1 Å². The molecule has 0 amide bonds. The lowest BCUT2D eigenvalue weighted by molar-refractivity contribution is 1.03. The highest BCUT2D eigenvalue weighted by molar-refractivity contribution is 5.81. The zero-order chi connectivity index (χ0) is 13.4. The van der Waals surface area contributed by atoms with Crippen LogP contribution in [0.25, 0.3) is 22.4 Å². The SMILES string of the molecule is Cc1nc(-c2ccccc2)nc2nc(=O)[nH]c(C)c12. The van der Waals surface area contributed by atoms with Gasteiger partial charge >= 0.3 is 5.69 Å². The predicted octanol–water partition coefficient (Wildman–Crippen LogP) is 2.00. The molecule has 19 heavy (non-hydrogen) atoms. The van der Waals surface area contributed by atoms with Gasteiger partial charge in [-0.15, -0.1) is 0 Å². The third-order valence-corrected chi connectivity index (χ3v) is 2.98. The number of fused-ring (bicyclic) bond motifs is 1. The standard InChI is InChI=1S/C14H12N4O/c1-8-11-9(2)16-14(19)18-13(11)17-12(15-8)10-6-4-3-5-7-10/h3-7H,1-2H3,(H,15,16,17,18,19). The van der Waals surface area contributed by atoms with Crippen molar-refractivity contribution in [1.82, 2.24) is 19.9 Å². The van der Waals surface area contributed by atoms with Crippen LogP contribution in [0, 0.1) is 13.8 Å². The van der Waals surface area contributed by atoms with E-state index in [2.05, 4.69) is 19.9 Å². The van der Waals surface area contributed by atoms with Crippen molar-refractivity contribution in [3.63, 3.8) is 0 Å². The van der Waals surface area contributed by atoms with E-state index in [1.54, 1.807) is 0 Å². The summed E-state index contributed by atoms with van der Waals surface area (Å²) in [5.74, 6) is 0.586. The van der Waals surface area contributed by atoms with E-state index in [-0.39, 0.29) is 5.69 Å². The molecule has 0 fully saturated rings. The molecule has 5 nitrogen and oxygen atoms in total. The molecule has 3 aromatic rings. The summed E-state index contributed by atoms with van der Waals surface area (Å²) in [4.78, 5) is 26.9. The van der Waals surface area contributed by atoms with Gasteiger partial charge in [-0.2, -0.15) is 4.98 Å². The van der Waals surface area contributed by atoms with Gasteiger partial charge in [-0.1, -0.05) is 30.3 Å². The Morgan fingerprint density at radius 2 is 1.74 bits per heavy atom. The molecule has 0 radical (unpaired) electrons. The van der Waals surface area contributed by atoms with Crippen LogP contribution < -0.4 is 5.69 Å².